The monoisotopic (exact) mass is 975 g/mol. The number of rotatable bonds is 53. The molecule has 0 saturated carbocycles. The third-order valence-corrected chi connectivity index (χ3v) is 12.6. The molecule has 0 rings (SSSR count). The van der Waals surface area contributed by atoms with Gasteiger partial charge in [-0.1, -0.05) is 266 Å². The predicted octanol–water partition coefficient (Wildman–Crippen LogP) is 19.9. The first-order valence-electron chi connectivity index (χ1n) is 29.6. The van der Waals surface area contributed by atoms with Crippen molar-refractivity contribution in [2.75, 3.05) is 13.2 Å². The van der Waals surface area contributed by atoms with E-state index < -0.39 is 6.10 Å². The summed E-state index contributed by atoms with van der Waals surface area (Å²) in [5.41, 5.74) is 0. The molecule has 0 bridgehead atoms. The SMILES string of the molecule is CC/C=C/C/C=C/C/C=C/C/C=C/C/C=C/C/C=C/CCC(=O)OC[C@@H](COC(=O)CCCCCCCCC/C=C/CCCCCC)OC(=O)CCCCCCCCCCCCCCCCCCCC. The maximum absolute atomic E-state index is 12.9. The van der Waals surface area contributed by atoms with Crippen molar-refractivity contribution in [2.24, 2.45) is 0 Å². The normalized spacial score (nSPS) is 12.7. The molecule has 0 N–H and O–H groups in total. The van der Waals surface area contributed by atoms with Crippen LogP contribution in [-0.4, -0.2) is 37.2 Å². The molecule has 0 amide bonds. The molecular weight excluding hydrogens is 865 g/mol. The molecule has 0 heterocycles. The molecule has 0 aromatic rings. The van der Waals surface area contributed by atoms with E-state index in [-0.39, 0.29) is 37.5 Å². The quantitative estimate of drug-likeness (QED) is 0.0261. The van der Waals surface area contributed by atoms with Gasteiger partial charge in [0.25, 0.3) is 0 Å². The van der Waals surface area contributed by atoms with Crippen molar-refractivity contribution in [1.82, 2.24) is 0 Å². The van der Waals surface area contributed by atoms with Gasteiger partial charge in [0.2, 0.25) is 0 Å². The summed E-state index contributed by atoms with van der Waals surface area (Å²) in [4.78, 5) is 38.2. The van der Waals surface area contributed by atoms with Gasteiger partial charge in [-0.2, -0.15) is 0 Å². The Morgan fingerprint density at radius 3 is 0.971 bits per heavy atom. The van der Waals surface area contributed by atoms with E-state index in [4.69, 9.17) is 14.2 Å². The molecule has 6 heteroatoms. The molecule has 0 radical (unpaired) electrons. The Morgan fingerprint density at radius 2 is 0.586 bits per heavy atom. The second-order valence-corrected chi connectivity index (χ2v) is 19.5. The topological polar surface area (TPSA) is 78.9 Å². The summed E-state index contributed by atoms with van der Waals surface area (Å²) in [5, 5.41) is 0. The summed E-state index contributed by atoms with van der Waals surface area (Å²) in [6, 6.07) is 0. The van der Waals surface area contributed by atoms with Gasteiger partial charge in [-0.15, -0.1) is 0 Å². The fourth-order valence-corrected chi connectivity index (χ4v) is 8.23. The number of carbonyl (C=O) groups is 3. The fourth-order valence-electron chi connectivity index (χ4n) is 8.23. The van der Waals surface area contributed by atoms with Crippen molar-refractivity contribution in [3.63, 3.8) is 0 Å². The number of hydrogen-bond acceptors (Lipinski definition) is 6. The molecular formula is C64H110O6. The predicted molar refractivity (Wildman–Crippen MR) is 302 cm³/mol. The van der Waals surface area contributed by atoms with E-state index in [1.165, 1.54) is 161 Å². The van der Waals surface area contributed by atoms with Crippen molar-refractivity contribution in [1.29, 1.82) is 0 Å². The van der Waals surface area contributed by atoms with Gasteiger partial charge in [0.05, 0.1) is 0 Å². The molecule has 70 heavy (non-hydrogen) atoms. The highest BCUT2D eigenvalue weighted by Gasteiger charge is 2.19. The molecule has 0 aliphatic rings. The molecule has 6 nitrogen and oxygen atoms in total. The van der Waals surface area contributed by atoms with Crippen LogP contribution < -0.4 is 0 Å². The maximum atomic E-state index is 12.9. The lowest BCUT2D eigenvalue weighted by molar-refractivity contribution is -0.166. The zero-order chi connectivity index (χ0) is 50.7. The lowest BCUT2D eigenvalue weighted by Gasteiger charge is -2.18. The first-order valence-corrected chi connectivity index (χ1v) is 29.6. The highest BCUT2D eigenvalue weighted by molar-refractivity contribution is 5.71. The Hall–Kier alpha value is -3.41. The van der Waals surface area contributed by atoms with E-state index in [1.54, 1.807) is 0 Å². The number of carbonyl (C=O) groups excluding carboxylic acids is 3. The van der Waals surface area contributed by atoms with Crippen LogP contribution in [0.15, 0.2) is 85.1 Å². The summed E-state index contributed by atoms with van der Waals surface area (Å²) in [6.07, 6.45) is 75.9. The number of esters is 3. The molecule has 1 atom stereocenters. The number of hydrogen-bond donors (Lipinski definition) is 0. The minimum absolute atomic E-state index is 0.0999. The standard InChI is InChI=1S/C64H110O6/c1-4-7-10-13-16-19-22-25-28-30-32-34-36-39-42-45-48-51-54-57-63(66)69-60-61(59-68-62(65)56-53-50-47-44-41-38-35-27-24-21-18-15-12-9-6-3)70-64(67)58-55-52-49-46-43-40-37-33-31-29-26-23-20-17-14-11-8-5-2/h7,10,16,19,21,24-25,28,32,34,39,42,48,51,61H,4-6,8-9,11-15,17-18,20,22-23,26-27,29-31,33,35-38,40-41,43-47,49-50,52-60H2,1-3H3/b10-7+,19-16+,24-21+,28-25+,34-32+,42-39+,51-48+/t61-/m1/s1. The molecule has 402 valence electrons. The molecule has 0 aromatic heterocycles. The average Bonchev–Trinajstić information content (AvgIpc) is 3.36. The Labute approximate surface area is 433 Å². The second-order valence-electron chi connectivity index (χ2n) is 19.5. The van der Waals surface area contributed by atoms with Crippen LogP contribution in [0.2, 0.25) is 0 Å². The van der Waals surface area contributed by atoms with Crippen LogP contribution in [0.5, 0.6) is 0 Å². The number of ether oxygens (including phenoxy) is 3. The van der Waals surface area contributed by atoms with E-state index in [1.807, 2.05) is 6.08 Å². The van der Waals surface area contributed by atoms with Gasteiger partial charge in [0.15, 0.2) is 6.10 Å². The van der Waals surface area contributed by atoms with Gasteiger partial charge >= 0.3 is 17.9 Å². The van der Waals surface area contributed by atoms with E-state index >= 15 is 0 Å². The van der Waals surface area contributed by atoms with Crippen LogP contribution in [0, 0.1) is 0 Å². The van der Waals surface area contributed by atoms with Gasteiger partial charge in [-0.05, 0) is 83.5 Å². The molecule has 0 fully saturated rings. The van der Waals surface area contributed by atoms with Crippen molar-refractivity contribution < 1.29 is 28.6 Å². The largest absolute Gasteiger partial charge is 0.462 e. The fraction of sp³-hybridized carbons (Fsp3) is 0.734. The molecule has 0 aliphatic carbocycles. The zero-order valence-corrected chi connectivity index (χ0v) is 46.0. The van der Waals surface area contributed by atoms with Crippen molar-refractivity contribution in [2.45, 2.75) is 290 Å². The Balaban J connectivity index is 4.47. The van der Waals surface area contributed by atoms with E-state index in [9.17, 15) is 14.4 Å². The number of allylic oxidation sites excluding steroid dienone is 14. The summed E-state index contributed by atoms with van der Waals surface area (Å²) in [6.45, 7) is 6.47. The summed E-state index contributed by atoms with van der Waals surface area (Å²) >= 11 is 0. The van der Waals surface area contributed by atoms with Crippen molar-refractivity contribution >= 4 is 17.9 Å². The maximum Gasteiger partial charge on any atom is 0.306 e. The van der Waals surface area contributed by atoms with E-state index in [0.717, 1.165) is 77.0 Å². The Bertz CT molecular complexity index is 1350. The van der Waals surface area contributed by atoms with Crippen LogP contribution in [0.4, 0.5) is 0 Å². The summed E-state index contributed by atoms with van der Waals surface area (Å²) in [5.74, 6) is -0.982. The van der Waals surface area contributed by atoms with Crippen LogP contribution >= 0.6 is 0 Å². The van der Waals surface area contributed by atoms with Crippen LogP contribution in [0.1, 0.15) is 284 Å². The molecule has 0 aromatic carbocycles. The third kappa shape index (κ3) is 55.5. The average molecular weight is 976 g/mol. The van der Waals surface area contributed by atoms with Gasteiger partial charge in [-0.25, -0.2) is 0 Å². The van der Waals surface area contributed by atoms with Gasteiger partial charge in [0.1, 0.15) is 13.2 Å². The minimum Gasteiger partial charge on any atom is -0.462 e. The van der Waals surface area contributed by atoms with Gasteiger partial charge in [-0.3, -0.25) is 14.4 Å². The Morgan fingerprint density at radius 1 is 0.300 bits per heavy atom. The highest BCUT2D eigenvalue weighted by Crippen LogP contribution is 2.16. The van der Waals surface area contributed by atoms with E-state index in [2.05, 4.69) is 99.8 Å². The third-order valence-electron chi connectivity index (χ3n) is 12.6. The zero-order valence-electron chi connectivity index (χ0n) is 46.0. The molecule has 0 unspecified atom stereocenters. The first-order chi connectivity index (χ1) is 34.5. The van der Waals surface area contributed by atoms with Crippen molar-refractivity contribution in [3.8, 4) is 0 Å². The molecule has 0 spiro atoms. The second kappa shape index (κ2) is 58.2. The first kappa shape index (κ1) is 66.6. The summed E-state index contributed by atoms with van der Waals surface area (Å²) < 4.78 is 16.8. The van der Waals surface area contributed by atoms with Crippen LogP contribution in [0.25, 0.3) is 0 Å². The molecule has 0 saturated heterocycles. The van der Waals surface area contributed by atoms with Crippen LogP contribution in [0.3, 0.4) is 0 Å². The van der Waals surface area contributed by atoms with Crippen LogP contribution in [-0.2, 0) is 28.6 Å². The Kier molecular flexibility index (Phi) is 55.3. The van der Waals surface area contributed by atoms with Crippen molar-refractivity contribution in [3.05, 3.63) is 85.1 Å². The van der Waals surface area contributed by atoms with E-state index in [0.29, 0.717) is 19.3 Å². The highest BCUT2D eigenvalue weighted by atomic mass is 16.6. The number of unbranched alkanes of at least 4 members (excludes halogenated alkanes) is 28. The van der Waals surface area contributed by atoms with Gasteiger partial charge in [0, 0.05) is 19.3 Å². The summed E-state index contributed by atoms with van der Waals surface area (Å²) in [7, 11) is 0. The molecule has 0 aliphatic heterocycles. The smallest absolute Gasteiger partial charge is 0.306 e. The lowest BCUT2D eigenvalue weighted by Crippen LogP contribution is -2.30. The minimum atomic E-state index is -0.808. The van der Waals surface area contributed by atoms with Gasteiger partial charge < -0.3 is 14.2 Å². The lowest BCUT2D eigenvalue weighted by atomic mass is 10.0.